The quantitative estimate of drug-likeness (QED) is 0.850. The Morgan fingerprint density at radius 2 is 1.76 bits per heavy atom. The summed E-state index contributed by atoms with van der Waals surface area (Å²) in [7, 11) is -3.52. The highest BCUT2D eigenvalue weighted by atomic mass is 32.2. The van der Waals surface area contributed by atoms with Crippen molar-refractivity contribution < 1.29 is 13.2 Å². The molecule has 0 bridgehead atoms. The van der Waals surface area contributed by atoms with Crippen molar-refractivity contribution >= 4 is 15.7 Å². The topological polar surface area (TPSA) is 72.6 Å². The summed E-state index contributed by atoms with van der Waals surface area (Å²) < 4.78 is 33.2. The molecule has 116 valence electrons. The zero-order valence-corrected chi connectivity index (χ0v) is 13.0. The summed E-state index contributed by atoms with van der Waals surface area (Å²) >= 11 is 0. The van der Waals surface area contributed by atoms with Crippen molar-refractivity contribution in [2.45, 2.75) is 43.4 Å². The summed E-state index contributed by atoms with van der Waals surface area (Å²) in [4.78, 5) is 0.249. The van der Waals surface area contributed by atoms with Crippen molar-refractivity contribution in [2.75, 3.05) is 25.4 Å². The zero-order chi connectivity index (χ0) is 14.9. The number of hydrogen-bond donors (Lipinski definition) is 1. The van der Waals surface area contributed by atoms with E-state index in [-0.39, 0.29) is 4.90 Å². The van der Waals surface area contributed by atoms with Crippen LogP contribution in [0.5, 0.6) is 5.75 Å². The Labute approximate surface area is 126 Å². The van der Waals surface area contributed by atoms with Crippen LogP contribution < -0.4 is 10.5 Å². The van der Waals surface area contributed by atoms with Crippen molar-refractivity contribution in [1.82, 2.24) is 4.31 Å². The van der Waals surface area contributed by atoms with Crippen molar-refractivity contribution in [3.05, 3.63) is 17.7 Å². The Balaban J connectivity index is 2.03. The van der Waals surface area contributed by atoms with Gasteiger partial charge in [0.1, 0.15) is 10.6 Å². The summed E-state index contributed by atoms with van der Waals surface area (Å²) in [5.41, 5.74) is 7.31. The van der Waals surface area contributed by atoms with Crippen LogP contribution in [-0.4, -0.2) is 32.4 Å². The van der Waals surface area contributed by atoms with Crippen LogP contribution in [0, 0.1) is 0 Å². The maximum atomic E-state index is 13.0. The molecule has 5 nitrogen and oxygen atoms in total. The maximum Gasteiger partial charge on any atom is 0.246 e. The summed E-state index contributed by atoms with van der Waals surface area (Å²) in [6, 6.07) is 3.38. The summed E-state index contributed by atoms with van der Waals surface area (Å²) in [6.07, 6.45) is 5.76. The average Bonchev–Trinajstić information content (AvgIpc) is 2.76. The number of nitrogens with two attached hydrogens (primary N) is 1. The highest BCUT2D eigenvalue weighted by molar-refractivity contribution is 7.89. The second-order valence-electron chi connectivity index (χ2n) is 5.78. The van der Waals surface area contributed by atoms with Crippen LogP contribution >= 0.6 is 0 Å². The first-order valence-electron chi connectivity index (χ1n) is 7.64. The van der Waals surface area contributed by atoms with E-state index < -0.39 is 10.0 Å². The molecular formula is C15H22N2O3S. The maximum absolute atomic E-state index is 13.0. The van der Waals surface area contributed by atoms with Crippen LogP contribution in [0.15, 0.2) is 17.0 Å². The number of nitrogen functional groups attached to an aromatic ring is 1. The van der Waals surface area contributed by atoms with Crippen LogP contribution in [0.3, 0.4) is 0 Å². The monoisotopic (exact) mass is 310 g/mol. The van der Waals surface area contributed by atoms with Gasteiger partial charge in [0.05, 0.1) is 6.61 Å². The van der Waals surface area contributed by atoms with Gasteiger partial charge >= 0.3 is 0 Å². The molecule has 0 unspecified atom stereocenters. The molecule has 1 aromatic carbocycles. The standard InChI is InChI=1S/C15H22N2O3S/c16-13-10-12-6-5-9-20-15(12)14(11-13)21(18,19)17-7-3-1-2-4-8-17/h10-11H,1-9,16H2. The first kappa shape index (κ1) is 14.7. The molecule has 2 aliphatic rings. The first-order chi connectivity index (χ1) is 10.1. The lowest BCUT2D eigenvalue weighted by Crippen LogP contribution is -2.32. The molecule has 1 saturated heterocycles. The normalized spacial score (nSPS) is 20.4. The highest BCUT2D eigenvalue weighted by Gasteiger charge is 2.30. The van der Waals surface area contributed by atoms with Gasteiger partial charge in [0.25, 0.3) is 0 Å². The second kappa shape index (κ2) is 5.85. The summed E-state index contributed by atoms with van der Waals surface area (Å²) in [5, 5.41) is 0. The number of rotatable bonds is 2. The molecule has 0 radical (unpaired) electrons. The molecule has 0 aromatic heterocycles. The molecule has 3 rings (SSSR count). The van der Waals surface area contributed by atoms with E-state index in [1.54, 1.807) is 10.4 Å². The van der Waals surface area contributed by atoms with E-state index in [1.165, 1.54) is 0 Å². The number of benzene rings is 1. The number of ether oxygens (including phenoxy) is 1. The van der Waals surface area contributed by atoms with E-state index >= 15 is 0 Å². The van der Waals surface area contributed by atoms with Crippen molar-refractivity contribution in [3.8, 4) is 5.75 Å². The number of nitrogens with zero attached hydrogens (tertiary/aromatic N) is 1. The largest absolute Gasteiger partial charge is 0.492 e. The Bertz CT molecular complexity index is 620. The van der Waals surface area contributed by atoms with Gasteiger partial charge in [0, 0.05) is 18.8 Å². The SMILES string of the molecule is Nc1cc2c(c(S(=O)(=O)N3CCCCCC3)c1)OCCC2. The predicted molar refractivity (Wildman–Crippen MR) is 81.9 cm³/mol. The van der Waals surface area contributed by atoms with E-state index in [1.807, 2.05) is 6.07 Å². The van der Waals surface area contributed by atoms with Crippen molar-refractivity contribution in [1.29, 1.82) is 0 Å². The molecule has 2 N–H and O–H groups in total. The highest BCUT2D eigenvalue weighted by Crippen LogP contribution is 2.36. The van der Waals surface area contributed by atoms with E-state index in [9.17, 15) is 8.42 Å². The van der Waals surface area contributed by atoms with E-state index in [0.29, 0.717) is 31.1 Å². The molecule has 0 aliphatic carbocycles. The van der Waals surface area contributed by atoms with E-state index in [2.05, 4.69) is 0 Å². The molecular weight excluding hydrogens is 288 g/mol. The van der Waals surface area contributed by atoms with Gasteiger partial charge in [-0.2, -0.15) is 4.31 Å². The zero-order valence-electron chi connectivity index (χ0n) is 12.2. The Morgan fingerprint density at radius 1 is 1.05 bits per heavy atom. The fourth-order valence-corrected chi connectivity index (χ4v) is 4.81. The van der Waals surface area contributed by atoms with Gasteiger partial charge in [-0.1, -0.05) is 12.8 Å². The summed E-state index contributed by atoms with van der Waals surface area (Å²) in [5.74, 6) is 0.514. The minimum atomic E-state index is -3.52. The van der Waals surface area contributed by atoms with Gasteiger partial charge in [-0.05, 0) is 43.4 Å². The van der Waals surface area contributed by atoms with Gasteiger partial charge in [-0.15, -0.1) is 0 Å². The third kappa shape index (κ3) is 2.87. The predicted octanol–water partition coefficient (Wildman–Crippen LogP) is 2.16. The Hall–Kier alpha value is -1.27. The lowest BCUT2D eigenvalue weighted by atomic mass is 10.1. The van der Waals surface area contributed by atoms with Crippen LogP contribution in [0.2, 0.25) is 0 Å². The summed E-state index contributed by atoms with van der Waals surface area (Å²) in [6.45, 7) is 1.75. The minimum Gasteiger partial charge on any atom is -0.492 e. The van der Waals surface area contributed by atoms with E-state index in [4.69, 9.17) is 10.5 Å². The Morgan fingerprint density at radius 3 is 2.48 bits per heavy atom. The number of anilines is 1. The number of sulfonamides is 1. The van der Waals surface area contributed by atoms with Crippen molar-refractivity contribution in [3.63, 3.8) is 0 Å². The number of aryl methyl sites for hydroxylation is 1. The lowest BCUT2D eigenvalue weighted by molar-refractivity contribution is 0.279. The molecule has 2 heterocycles. The smallest absolute Gasteiger partial charge is 0.246 e. The minimum absolute atomic E-state index is 0.249. The molecule has 0 atom stereocenters. The third-order valence-electron chi connectivity index (χ3n) is 4.17. The van der Waals surface area contributed by atoms with Crippen LogP contribution in [0.1, 0.15) is 37.7 Å². The lowest BCUT2D eigenvalue weighted by Gasteiger charge is -2.25. The fraction of sp³-hybridized carbons (Fsp3) is 0.600. The molecule has 0 amide bonds. The van der Waals surface area contributed by atoms with Gasteiger partial charge in [-0.3, -0.25) is 0 Å². The third-order valence-corrected chi connectivity index (χ3v) is 6.08. The molecule has 0 saturated carbocycles. The van der Waals surface area contributed by atoms with Gasteiger partial charge in [-0.25, -0.2) is 8.42 Å². The molecule has 1 fully saturated rings. The molecule has 2 aliphatic heterocycles. The van der Waals surface area contributed by atoms with Gasteiger partial charge in [0.15, 0.2) is 0 Å². The van der Waals surface area contributed by atoms with Crippen LogP contribution in [0.4, 0.5) is 5.69 Å². The van der Waals surface area contributed by atoms with E-state index in [0.717, 1.165) is 44.1 Å². The van der Waals surface area contributed by atoms with Gasteiger partial charge in [0.2, 0.25) is 10.0 Å². The van der Waals surface area contributed by atoms with Crippen LogP contribution in [-0.2, 0) is 16.4 Å². The van der Waals surface area contributed by atoms with Gasteiger partial charge < -0.3 is 10.5 Å². The molecule has 0 spiro atoms. The molecule has 6 heteroatoms. The fourth-order valence-electron chi connectivity index (χ4n) is 3.08. The number of fused-ring (bicyclic) bond motifs is 1. The number of hydrogen-bond acceptors (Lipinski definition) is 4. The second-order valence-corrected chi connectivity index (χ2v) is 7.68. The molecule has 21 heavy (non-hydrogen) atoms. The van der Waals surface area contributed by atoms with Crippen molar-refractivity contribution in [2.24, 2.45) is 0 Å². The average molecular weight is 310 g/mol. The first-order valence-corrected chi connectivity index (χ1v) is 9.08. The van der Waals surface area contributed by atoms with Crippen LogP contribution in [0.25, 0.3) is 0 Å². The Kier molecular flexibility index (Phi) is 4.08. The molecule has 1 aromatic rings.